The first-order chi connectivity index (χ1) is 7.18. The Kier molecular flexibility index (Phi) is 2.29. The average Bonchev–Trinajstić information content (AvgIpc) is 2.17. The van der Waals surface area contributed by atoms with Gasteiger partial charge in [-0.1, -0.05) is 0 Å². The number of benzene rings is 1. The number of phenolic OH excluding ortho intramolecular Hbond substituents is 1. The molecular formula is C10H6F2N2O. The van der Waals surface area contributed by atoms with E-state index in [9.17, 15) is 13.9 Å². The summed E-state index contributed by atoms with van der Waals surface area (Å²) in [7, 11) is 0. The summed E-state index contributed by atoms with van der Waals surface area (Å²) in [6.07, 6.45) is 2.81. The van der Waals surface area contributed by atoms with Crippen molar-refractivity contribution in [3.05, 3.63) is 42.2 Å². The number of hydrogen-bond acceptors (Lipinski definition) is 3. The van der Waals surface area contributed by atoms with E-state index in [1.807, 2.05) is 0 Å². The first-order valence-electron chi connectivity index (χ1n) is 4.14. The third-order valence-corrected chi connectivity index (χ3v) is 1.82. The van der Waals surface area contributed by atoms with Gasteiger partial charge in [-0.25, -0.2) is 18.7 Å². The molecular weight excluding hydrogens is 202 g/mol. The Morgan fingerprint density at radius 2 is 1.73 bits per heavy atom. The average molecular weight is 208 g/mol. The molecule has 0 spiro atoms. The third-order valence-electron chi connectivity index (χ3n) is 1.82. The first kappa shape index (κ1) is 9.51. The maximum atomic E-state index is 13.3. The highest BCUT2D eigenvalue weighted by molar-refractivity contribution is 5.64. The summed E-state index contributed by atoms with van der Waals surface area (Å²) in [4.78, 5) is 7.53. The molecule has 76 valence electrons. The summed E-state index contributed by atoms with van der Waals surface area (Å²) in [6, 6.07) is 3.04. The Morgan fingerprint density at radius 3 is 2.33 bits per heavy atom. The van der Waals surface area contributed by atoms with Crippen molar-refractivity contribution in [1.29, 1.82) is 0 Å². The van der Waals surface area contributed by atoms with Crippen molar-refractivity contribution in [3.8, 4) is 17.1 Å². The number of hydrogen-bond donors (Lipinski definition) is 1. The van der Waals surface area contributed by atoms with Crippen LogP contribution in [0.15, 0.2) is 30.6 Å². The van der Waals surface area contributed by atoms with Crippen LogP contribution in [0.25, 0.3) is 11.4 Å². The fraction of sp³-hybridized carbons (Fsp3) is 0. The molecule has 0 saturated carbocycles. The molecule has 1 aromatic carbocycles. The van der Waals surface area contributed by atoms with Gasteiger partial charge in [0.05, 0.1) is 5.56 Å². The smallest absolute Gasteiger partial charge is 0.165 e. The fourth-order valence-electron chi connectivity index (χ4n) is 1.21. The van der Waals surface area contributed by atoms with Crippen molar-refractivity contribution in [1.82, 2.24) is 9.97 Å². The van der Waals surface area contributed by atoms with Gasteiger partial charge < -0.3 is 5.11 Å². The van der Waals surface area contributed by atoms with Crippen LogP contribution in [0.1, 0.15) is 0 Å². The zero-order chi connectivity index (χ0) is 10.8. The quantitative estimate of drug-likeness (QED) is 0.780. The molecule has 0 aliphatic carbocycles. The zero-order valence-electron chi connectivity index (χ0n) is 7.48. The summed E-state index contributed by atoms with van der Waals surface area (Å²) < 4.78 is 26.0. The van der Waals surface area contributed by atoms with Gasteiger partial charge in [0, 0.05) is 24.5 Å². The first-order valence-corrected chi connectivity index (χ1v) is 4.14. The second-order valence-corrected chi connectivity index (χ2v) is 2.85. The van der Waals surface area contributed by atoms with Gasteiger partial charge in [0.15, 0.2) is 5.82 Å². The van der Waals surface area contributed by atoms with Crippen LogP contribution >= 0.6 is 0 Å². The van der Waals surface area contributed by atoms with E-state index in [0.717, 1.165) is 6.07 Å². The molecule has 0 fully saturated rings. The second kappa shape index (κ2) is 3.61. The molecule has 1 heterocycles. The minimum absolute atomic E-state index is 0.0208. The lowest BCUT2D eigenvalue weighted by Gasteiger charge is -2.04. The molecule has 0 radical (unpaired) electrons. The number of aromatic nitrogens is 2. The van der Waals surface area contributed by atoms with Crippen LogP contribution in [0.2, 0.25) is 0 Å². The van der Waals surface area contributed by atoms with E-state index >= 15 is 0 Å². The number of aromatic hydroxyl groups is 1. The van der Waals surface area contributed by atoms with Gasteiger partial charge in [0.2, 0.25) is 0 Å². The molecule has 3 nitrogen and oxygen atoms in total. The van der Waals surface area contributed by atoms with Crippen LogP contribution < -0.4 is 0 Å². The van der Waals surface area contributed by atoms with E-state index in [1.165, 1.54) is 12.4 Å². The van der Waals surface area contributed by atoms with Gasteiger partial charge in [0.1, 0.15) is 17.4 Å². The van der Waals surface area contributed by atoms with Crippen molar-refractivity contribution in [2.45, 2.75) is 0 Å². The van der Waals surface area contributed by atoms with E-state index < -0.39 is 17.4 Å². The Labute approximate surface area is 84.1 Å². The van der Waals surface area contributed by atoms with Crippen molar-refractivity contribution in [2.24, 2.45) is 0 Å². The summed E-state index contributed by atoms with van der Waals surface area (Å²) in [6.45, 7) is 0. The largest absolute Gasteiger partial charge is 0.507 e. The molecule has 1 N–H and O–H groups in total. The van der Waals surface area contributed by atoms with Crippen LogP contribution in [-0.2, 0) is 0 Å². The van der Waals surface area contributed by atoms with E-state index in [2.05, 4.69) is 9.97 Å². The highest BCUT2D eigenvalue weighted by atomic mass is 19.1. The molecule has 1 aromatic heterocycles. The highest BCUT2D eigenvalue weighted by Crippen LogP contribution is 2.29. The van der Waals surface area contributed by atoms with Gasteiger partial charge in [-0.3, -0.25) is 0 Å². The van der Waals surface area contributed by atoms with Gasteiger partial charge >= 0.3 is 0 Å². The van der Waals surface area contributed by atoms with Crippen LogP contribution in [0.3, 0.4) is 0 Å². The summed E-state index contributed by atoms with van der Waals surface area (Å²) in [5, 5.41) is 9.37. The van der Waals surface area contributed by atoms with Gasteiger partial charge in [-0.05, 0) is 6.07 Å². The van der Waals surface area contributed by atoms with Crippen LogP contribution in [0.4, 0.5) is 8.78 Å². The van der Waals surface area contributed by atoms with Crippen molar-refractivity contribution in [2.75, 3.05) is 0 Å². The SMILES string of the molecule is Oc1cc(F)cc(F)c1-c1ncccn1. The molecule has 0 aliphatic heterocycles. The standard InChI is InChI=1S/C10H6F2N2O/c11-6-4-7(12)9(8(15)5-6)10-13-2-1-3-14-10/h1-5,15H. The molecule has 0 bridgehead atoms. The van der Waals surface area contributed by atoms with E-state index in [0.29, 0.717) is 6.07 Å². The zero-order valence-corrected chi connectivity index (χ0v) is 7.48. The van der Waals surface area contributed by atoms with Crippen LogP contribution in [0, 0.1) is 11.6 Å². The van der Waals surface area contributed by atoms with Gasteiger partial charge in [0.25, 0.3) is 0 Å². The van der Waals surface area contributed by atoms with Crippen molar-refractivity contribution >= 4 is 0 Å². The summed E-state index contributed by atoms with van der Waals surface area (Å²) in [5.74, 6) is -2.23. The number of rotatable bonds is 1. The lowest BCUT2D eigenvalue weighted by molar-refractivity contribution is 0.463. The Balaban J connectivity index is 2.64. The van der Waals surface area contributed by atoms with E-state index in [-0.39, 0.29) is 11.4 Å². The molecule has 0 amide bonds. The highest BCUT2D eigenvalue weighted by Gasteiger charge is 2.14. The Morgan fingerprint density at radius 1 is 1.07 bits per heavy atom. The number of halogens is 2. The Hall–Kier alpha value is -2.04. The molecule has 0 aliphatic rings. The van der Waals surface area contributed by atoms with Crippen molar-refractivity contribution in [3.63, 3.8) is 0 Å². The minimum Gasteiger partial charge on any atom is -0.507 e. The summed E-state index contributed by atoms with van der Waals surface area (Å²) >= 11 is 0. The van der Waals surface area contributed by atoms with E-state index in [1.54, 1.807) is 6.07 Å². The van der Waals surface area contributed by atoms with E-state index in [4.69, 9.17) is 0 Å². The van der Waals surface area contributed by atoms with Crippen molar-refractivity contribution < 1.29 is 13.9 Å². The topological polar surface area (TPSA) is 46.0 Å². The minimum atomic E-state index is -0.890. The van der Waals surface area contributed by atoms with Gasteiger partial charge in [-0.2, -0.15) is 0 Å². The summed E-state index contributed by atoms with van der Waals surface area (Å²) in [5.41, 5.74) is -0.197. The normalized spacial score (nSPS) is 10.3. The molecule has 0 saturated heterocycles. The van der Waals surface area contributed by atoms with Gasteiger partial charge in [-0.15, -0.1) is 0 Å². The number of phenols is 1. The number of nitrogens with zero attached hydrogens (tertiary/aromatic N) is 2. The maximum Gasteiger partial charge on any atom is 0.165 e. The molecule has 0 atom stereocenters. The lowest BCUT2D eigenvalue weighted by Crippen LogP contribution is -1.92. The second-order valence-electron chi connectivity index (χ2n) is 2.85. The molecule has 2 aromatic rings. The lowest BCUT2D eigenvalue weighted by atomic mass is 10.1. The monoisotopic (exact) mass is 208 g/mol. The predicted molar refractivity (Wildman–Crippen MR) is 49.0 cm³/mol. The Bertz CT molecular complexity index is 465. The van der Waals surface area contributed by atoms with Crippen LogP contribution in [0.5, 0.6) is 5.75 Å². The molecule has 0 unspecified atom stereocenters. The molecule has 15 heavy (non-hydrogen) atoms. The van der Waals surface area contributed by atoms with Crippen LogP contribution in [-0.4, -0.2) is 15.1 Å². The fourth-order valence-corrected chi connectivity index (χ4v) is 1.21. The maximum absolute atomic E-state index is 13.3. The molecule has 5 heteroatoms. The predicted octanol–water partition coefficient (Wildman–Crippen LogP) is 2.13. The third kappa shape index (κ3) is 1.76. The molecule has 2 rings (SSSR count).